The smallest absolute Gasteiger partial charge is 0.321 e. The molecule has 2 N–H and O–H groups in total. The van der Waals surface area contributed by atoms with Gasteiger partial charge in [-0.15, -0.1) is 0 Å². The van der Waals surface area contributed by atoms with Crippen LogP contribution in [0.25, 0.3) is 0 Å². The Kier molecular flexibility index (Phi) is 5.25. The summed E-state index contributed by atoms with van der Waals surface area (Å²) in [5.41, 5.74) is 4.18. The maximum absolute atomic E-state index is 11.4. The summed E-state index contributed by atoms with van der Waals surface area (Å²) < 4.78 is 22.7. The van der Waals surface area contributed by atoms with E-state index in [4.69, 9.17) is 0 Å². The Bertz CT molecular complexity index is 87.4. The number of carbonyl (C=O) groups is 1. The molecule has 0 aromatic rings. The summed E-state index contributed by atoms with van der Waals surface area (Å²) in [5.74, 6) is -4.95. The average molecular weight is 139 g/mol. The molecule has 0 aliphatic carbocycles. The zero-order valence-electron chi connectivity index (χ0n) is 5.74. The molecule has 0 fully saturated rings. The molecule has 0 unspecified atom stereocenters. The maximum atomic E-state index is 11.4. The van der Waals surface area contributed by atoms with Crippen LogP contribution in [0.1, 0.15) is 20.8 Å². The molecule has 0 heterocycles. The zero-order valence-corrected chi connectivity index (χ0v) is 5.74. The average Bonchev–Trinajstić information content (AvgIpc) is 1.69. The zero-order chi connectivity index (χ0) is 8.08. The van der Waals surface area contributed by atoms with Gasteiger partial charge in [0.15, 0.2) is 0 Å². The van der Waals surface area contributed by atoms with Crippen molar-refractivity contribution in [3.8, 4) is 0 Å². The number of halogens is 2. The molecule has 1 amide bonds. The number of rotatable bonds is 1. The quantitative estimate of drug-likeness (QED) is 0.581. The lowest BCUT2D eigenvalue weighted by Crippen LogP contribution is -2.31. The minimum Gasteiger partial charge on any atom is -0.364 e. The number of nitrogens with two attached hydrogens (primary N) is 1. The lowest BCUT2D eigenvalue weighted by molar-refractivity contribution is -0.139. The normalized spacial score (nSPS) is 9.44. The highest BCUT2D eigenvalue weighted by Crippen LogP contribution is 2.08. The highest BCUT2D eigenvalue weighted by atomic mass is 19.3. The molecule has 0 saturated carbocycles. The minimum atomic E-state index is -3.36. The van der Waals surface area contributed by atoms with Gasteiger partial charge in [-0.1, -0.05) is 13.8 Å². The number of amides is 1. The van der Waals surface area contributed by atoms with Crippen molar-refractivity contribution < 1.29 is 13.6 Å². The van der Waals surface area contributed by atoms with E-state index in [0.717, 1.165) is 0 Å². The van der Waals surface area contributed by atoms with E-state index in [1.54, 1.807) is 0 Å². The van der Waals surface area contributed by atoms with Crippen LogP contribution in [0.2, 0.25) is 0 Å². The molecule has 9 heavy (non-hydrogen) atoms. The van der Waals surface area contributed by atoms with E-state index in [2.05, 4.69) is 5.73 Å². The highest BCUT2D eigenvalue weighted by Gasteiger charge is 2.28. The number of primary amides is 1. The molecule has 0 bridgehead atoms. The second-order valence-electron chi connectivity index (χ2n) is 1.25. The van der Waals surface area contributed by atoms with Crippen molar-refractivity contribution in [2.75, 3.05) is 0 Å². The third-order valence-corrected chi connectivity index (χ3v) is 0.433. The summed E-state index contributed by atoms with van der Waals surface area (Å²) in [6, 6.07) is 0. The monoisotopic (exact) mass is 139 g/mol. The first-order valence-corrected chi connectivity index (χ1v) is 2.62. The molecule has 0 aliphatic heterocycles. The number of carbonyl (C=O) groups excluding carboxylic acids is 1. The van der Waals surface area contributed by atoms with Crippen LogP contribution in [-0.2, 0) is 4.79 Å². The van der Waals surface area contributed by atoms with Crippen LogP contribution in [0.4, 0.5) is 8.78 Å². The Labute approximate surface area is 53.0 Å². The number of hydrogen-bond donors (Lipinski definition) is 1. The summed E-state index contributed by atoms with van der Waals surface area (Å²) in [7, 11) is 0. The van der Waals surface area contributed by atoms with Crippen LogP contribution in [0.3, 0.4) is 0 Å². The Balaban J connectivity index is 0. The third kappa shape index (κ3) is 7.33. The van der Waals surface area contributed by atoms with E-state index in [1.165, 1.54) is 0 Å². The van der Waals surface area contributed by atoms with Crippen LogP contribution >= 0.6 is 0 Å². The molecule has 0 aliphatic rings. The maximum Gasteiger partial charge on any atom is 0.321 e. The van der Waals surface area contributed by atoms with Gasteiger partial charge in [0, 0.05) is 6.92 Å². The topological polar surface area (TPSA) is 43.1 Å². The molecular formula is C5H11F2NO. The van der Waals surface area contributed by atoms with Crippen LogP contribution < -0.4 is 5.73 Å². The van der Waals surface area contributed by atoms with E-state index < -0.39 is 11.8 Å². The van der Waals surface area contributed by atoms with Gasteiger partial charge >= 0.3 is 5.92 Å². The van der Waals surface area contributed by atoms with Crippen LogP contribution in [-0.4, -0.2) is 11.8 Å². The standard InChI is InChI=1S/C3H5F2NO.C2H6/c1-3(4,5)2(6)7;1-2/h1H3,(H2,6,7);1-2H3. The van der Waals surface area contributed by atoms with Gasteiger partial charge in [-0.05, 0) is 0 Å². The number of alkyl halides is 2. The van der Waals surface area contributed by atoms with Crippen molar-refractivity contribution in [2.45, 2.75) is 26.7 Å². The van der Waals surface area contributed by atoms with Crippen molar-refractivity contribution in [1.29, 1.82) is 0 Å². The molecule has 0 aromatic carbocycles. The van der Waals surface area contributed by atoms with Gasteiger partial charge in [-0.25, -0.2) is 0 Å². The van der Waals surface area contributed by atoms with Crippen molar-refractivity contribution in [1.82, 2.24) is 0 Å². The summed E-state index contributed by atoms with van der Waals surface area (Å²) in [5, 5.41) is 0. The highest BCUT2D eigenvalue weighted by molar-refractivity contribution is 5.80. The van der Waals surface area contributed by atoms with Gasteiger partial charge in [0.05, 0.1) is 0 Å². The lowest BCUT2D eigenvalue weighted by atomic mass is 10.4. The lowest BCUT2D eigenvalue weighted by Gasteiger charge is -2.00. The van der Waals surface area contributed by atoms with E-state index in [-0.39, 0.29) is 0 Å². The van der Waals surface area contributed by atoms with Gasteiger partial charge in [0.1, 0.15) is 0 Å². The molecule has 2 nitrogen and oxygen atoms in total. The van der Waals surface area contributed by atoms with E-state index in [9.17, 15) is 13.6 Å². The minimum absolute atomic E-state index is 0.454. The SMILES string of the molecule is CC.CC(F)(F)C(N)=O. The molecule has 56 valence electrons. The summed E-state index contributed by atoms with van der Waals surface area (Å²) >= 11 is 0. The molecule has 0 radical (unpaired) electrons. The van der Waals surface area contributed by atoms with Crippen LogP contribution in [0, 0.1) is 0 Å². The Morgan fingerprint density at radius 1 is 1.44 bits per heavy atom. The second-order valence-corrected chi connectivity index (χ2v) is 1.25. The van der Waals surface area contributed by atoms with Gasteiger partial charge in [-0.3, -0.25) is 4.79 Å². The third-order valence-electron chi connectivity index (χ3n) is 0.433. The van der Waals surface area contributed by atoms with Crippen LogP contribution in [0.15, 0.2) is 0 Å². The van der Waals surface area contributed by atoms with E-state index in [0.29, 0.717) is 6.92 Å². The molecule has 0 spiro atoms. The summed E-state index contributed by atoms with van der Waals surface area (Å²) in [6.07, 6.45) is 0. The first-order chi connectivity index (χ1) is 3.94. The fourth-order valence-electron chi connectivity index (χ4n) is 0. The van der Waals surface area contributed by atoms with Gasteiger partial charge < -0.3 is 5.73 Å². The van der Waals surface area contributed by atoms with Crippen molar-refractivity contribution >= 4 is 5.91 Å². The first kappa shape index (κ1) is 11.2. The van der Waals surface area contributed by atoms with Gasteiger partial charge in [-0.2, -0.15) is 8.78 Å². The summed E-state index contributed by atoms with van der Waals surface area (Å²) in [6.45, 7) is 4.45. The van der Waals surface area contributed by atoms with E-state index in [1.807, 2.05) is 13.8 Å². The Morgan fingerprint density at radius 3 is 1.56 bits per heavy atom. The van der Waals surface area contributed by atoms with Crippen molar-refractivity contribution in [3.05, 3.63) is 0 Å². The summed E-state index contributed by atoms with van der Waals surface area (Å²) in [4.78, 5) is 9.49. The number of hydrogen-bond acceptors (Lipinski definition) is 1. The fraction of sp³-hybridized carbons (Fsp3) is 0.800. The predicted octanol–water partition coefficient (Wildman–Crippen LogP) is 1.15. The van der Waals surface area contributed by atoms with Crippen molar-refractivity contribution in [2.24, 2.45) is 5.73 Å². The Morgan fingerprint density at radius 2 is 1.56 bits per heavy atom. The Hall–Kier alpha value is -0.670. The largest absolute Gasteiger partial charge is 0.364 e. The predicted molar refractivity (Wildman–Crippen MR) is 31.2 cm³/mol. The molecular weight excluding hydrogens is 128 g/mol. The molecule has 0 aromatic heterocycles. The second kappa shape index (κ2) is 4.23. The van der Waals surface area contributed by atoms with Gasteiger partial charge in [0.25, 0.3) is 5.91 Å². The van der Waals surface area contributed by atoms with Crippen LogP contribution in [0.5, 0.6) is 0 Å². The molecule has 0 atom stereocenters. The molecule has 0 rings (SSSR count). The first-order valence-electron chi connectivity index (χ1n) is 2.62. The fourth-order valence-corrected chi connectivity index (χ4v) is 0. The molecule has 4 heteroatoms. The molecule has 0 saturated heterocycles. The van der Waals surface area contributed by atoms with Crippen molar-refractivity contribution in [3.63, 3.8) is 0 Å². The van der Waals surface area contributed by atoms with Gasteiger partial charge in [0.2, 0.25) is 0 Å². The van der Waals surface area contributed by atoms with E-state index >= 15 is 0 Å².